The molecule has 0 spiro atoms. The van der Waals surface area contributed by atoms with E-state index in [9.17, 15) is 0 Å². The molecule has 12 heavy (non-hydrogen) atoms. The largest absolute Gasteiger partial charge is 0.317 e. The summed E-state index contributed by atoms with van der Waals surface area (Å²) in [5, 5.41) is 0. The molecule has 0 saturated heterocycles. The minimum atomic E-state index is 0.536. The fraction of sp³-hybridized carbons (Fsp3) is 0.800. The molecule has 0 amide bonds. The summed E-state index contributed by atoms with van der Waals surface area (Å²) < 4.78 is 0. The van der Waals surface area contributed by atoms with Crippen LogP contribution in [0.3, 0.4) is 0 Å². The van der Waals surface area contributed by atoms with E-state index in [1.54, 1.807) is 0 Å². The normalized spacial score (nSPS) is 11.6. The molecule has 0 aliphatic rings. The van der Waals surface area contributed by atoms with E-state index in [1.165, 1.54) is 0 Å². The van der Waals surface area contributed by atoms with Crippen molar-refractivity contribution in [2.45, 2.75) is 32.6 Å². The zero-order valence-corrected chi connectivity index (χ0v) is 7.71. The third-order valence-corrected chi connectivity index (χ3v) is 1.93. The lowest BCUT2D eigenvalue weighted by Gasteiger charge is -2.06. The van der Waals surface area contributed by atoms with Crippen molar-refractivity contribution in [3.05, 3.63) is 22.8 Å². The van der Waals surface area contributed by atoms with Crippen molar-refractivity contribution in [2.75, 3.05) is 13.1 Å². The highest BCUT2D eigenvalue weighted by Gasteiger charge is 2.10. The second-order valence-corrected chi connectivity index (χ2v) is 3.02. The second-order valence-electron chi connectivity index (χ2n) is 3.02. The van der Waals surface area contributed by atoms with Gasteiger partial charge in [-0.25, -0.2) is 13.1 Å². The lowest BCUT2D eigenvalue weighted by atomic mass is 9.98. The maximum Gasteiger partial charge on any atom is 0.217 e. The fourth-order valence-electron chi connectivity index (χ4n) is 1.32. The maximum atomic E-state index is 6.76. The molecular formula is C10H16N2. The summed E-state index contributed by atoms with van der Waals surface area (Å²) in [6.45, 7) is 16.8. The molecular weight excluding hydrogens is 148 g/mol. The summed E-state index contributed by atoms with van der Waals surface area (Å²) in [5.41, 5.74) is 0. The van der Waals surface area contributed by atoms with Gasteiger partial charge < -0.3 is 9.69 Å². The summed E-state index contributed by atoms with van der Waals surface area (Å²) in [6, 6.07) is 0. The van der Waals surface area contributed by atoms with Gasteiger partial charge in [0.15, 0.2) is 0 Å². The van der Waals surface area contributed by atoms with Gasteiger partial charge in [-0.2, -0.15) is 0 Å². The van der Waals surface area contributed by atoms with Gasteiger partial charge in [0.2, 0.25) is 13.1 Å². The molecule has 0 radical (unpaired) electrons. The van der Waals surface area contributed by atoms with Crippen LogP contribution in [0.1, 0.15) is 32.6 Å². The maximum absolute atomic E-state index is 6.76. The Morgan fingerprint density at radius 1 is 1.17 bits per heavy atom. The van der Waals surface area contributed by atoms with Crippen LogP contribution < -0.4 is 0 Å². The zero-order chi connectivity index (χ0) is 9.23. The predicted octanol–water partition coefficient (Wildman–Crippen LogP) is 3.02. The minimum Gasteiger partial charge on any atom is -0.317 e. The number of rotatable bonds is 6. The van der Waals surface area contributed by atoms with Crippen molar-refractivity contribution >= 4 is 0 Å². The van der Waals surface area contributed by atoms with Crippen LogP contribution in [0.4, 0.5) is 0 Å². The first-order valence-corrected chi connectivity index (χ1v) is 4.51. The molecule has 0 aromatic carbocycles. The van der Waals surface area contributed by atoms with Gasteiger partial charge in [-0.3, -0.25) is 0 Å². The van der Waals surface area contributed by atoms with E-state index in [1.807, 2.05) is 0 Å². The Labute approximate surface area is 75.2 Å². The molecule has 0 saturated carbocycles. The van der Waals surface area contributed by atoms with Gasteiger partial charge in [-0.05, 0) is 12.8 Å². The molecule has 0 bridgehead atoms. The number of hydrogen-bond donors (Lipinski definition) is 0. The first-order chi connectivity index (χ1) is 5.85. The van der Waals surface area contributed by atoms with E-state index >= 15 is 0 Å². The standard InChI is InChI=1S/C10H16N2/c1-4-6-10(9-12-3)7-5-8-11-2/h10H,4-9H2,1H3. The summed E-state index contributed by atoms with van der Waals surface area (Å²) >= 11 is 0. The molecule has 0 heterocycles. The van der Waals surface area contributed by atoms with Crippen LogP contribution in [-0.2, 0) is 0 Å². The van der Waals surface area contributed by atoms with Crippen molar-refractivity contribution in [1.29, 1.82) is 0 Å². The topological polar surface area (TPSA) is 8.72 Å². The molecule has 0 aromatic rings. The zero-order valence-electron chi connectivity index (χ0n) is 7.71. The molecule has 0 aliphatic heterocycles. The Morgan fingerprint density at radius 2 is 1.92 bits per heavy atom. The molecule has 1 unspecified atom stereocenters. The molecule has 1 atom stereocenters. The van der Waals surface area contributed by atoms with Crippen LogP contribution in [0.25, 0.3) is 9.69 Å². The highest BCUT2D eigenvalue weighted by molar-refractivity contribution is 4.71. The lowest BCUT2D eigenvalue weighted by Crippen LogP contribution is -2.03. The number of hydrogen-bond acceptors (Lipinski definition) is 0. The average molecular weight is 164 g/mol. The smallest absolute Gasteiger partial charge is 0.217 e. The van der Waals surface area contributed by atoms with Crippen molar-refractivity contribution in [2.24, 2.45) is 5.92 Å². The minimum absolute atomic E-state index is 0.536. The van der Waals surface area contributed by atoms with E-state index in [0.717, 1.165) is 25.7 Å². The Morgan fingerprint density at radius 3 is 2.42 bits per heavy atom. The monoisotopic (exact) mass is 164 g/mol. The molecule has 2 nitrogen and oxygen atoms in total. The van der Waals surface area contributed by atoms with Gasteiger partial charge in [0.1, 0.15) is 0 Å². The van der Waals surface area contributed by atoms with Crippen LogP contribution in [0.2, 0.25) is 0 Å². The summed E-state index contributed by atoms with van der Waals surface area (Å²) in [6.07, 6.45) is 4.31. The van der Waals surface area contributed by atoms with E-state index in [-0.39, 0.29) is 0 Å². The molecule has 0 aromatic heterocycles. The average Bonchev–Trinajstić information content (AvgIpc) is 2.06. The van der Waals surface area contributed by atoms with E-state index in [0.29, 0.717) is 19.0 Å². The summed E-state index contributed by atoms with van der Waals surface area (Å²) in [5.74, 6) is 0.536. The molecule has 2 heteroatoms. The molecule has 0 rings (SSSR count). The van der Waals surface area contributed by atoms with E-state index in [4.69, 9.17) is 13.1 Å². The molecule has 0 aliphatic carbocycles. The quantitative estimate of drug-likeness (QED) is 0.421. The Balaban J connectivity index is 3.51. The highest BCUT2D eigenvalue weighted by Crippen LogP contribution is 2.13. The van der Waals surface area contributed by atoms with Crippen LogP contribution in [0.15, 0.2) is 0 Å². The van der Waals surface area contributed by atoms with Crippen molar-refractivity contribution in [3.8, 4) is 0 Å². The van der Waals surface area contributed by atoms with Crippen LogP contribution in [-0.4, -0.2) is 13.1 Å². The predicted molar refractivity (Wildman–Crippen MR) is 50.6 cm³/mol. The van der Waals surface area contributed by atoms with Crippen molar-refractivity contribution in [1.82, 2.24) is 0 Å². The van der Waals surface area contributed by atoms with Crippen molar-refractivity contribution in [3.63, 3.8) is 0 Å². The van der Waals surface area contributed by atoms with Crippen LogP contribution >= 0.6 is 0 Å². The molecule has 0 fully saturated rings. The first-order valence-electron chi connectivity index (χ1n) is 4.51. The Hall–Kier alpha value is -1.02. The van der Waals surface area contributed by atoms with E-state index in [2.05, 4.69) is 16.6 Å². The lowest BCUT2D eigenvalue weighted by molar-refractivity contribution is 0.468. The Kier molecular flexibility index (Phi) is 7.39. The molecule has 0 N–H and O–H groups in total. The van der Waals surface area contributed by atoms with Crippen LogP contribution in [0.5, 0.6) is 0 Å². The van der Waals surface area contributed by atoms with Gasteiger partial charge in [0, 0.05) is 12.3 Å². The summed E-state index contributed by atoms with van der Waals surface area (Å²) in [7, 11) is 0. The van der Waals surface area contributed by atoms with Gasteiger partial charge >= 0.3 is 0 Å². The summed E-state index contributed by atoms with van der Waals surface area (Å²) in [4.78, 5) is 6.71. The highest BCUT2D eigenvalue weighted by atomic mass is 14.6. The van der Waals surface area contributed by atoms with Gasteiger partial charge in [0.05, 0.1) is 0 Å². The van der Waals surface area contributed by atoms with Gasteiger partial charge in [-0.1, -0.05) is 13.3 Å². The SMILES string of the molecule is [C-]#[N+]CCCC(CCC)C[N+]#[C-]. The first kappa shape index (κ1) is 11.0. The van der Waals surface area contributed by atoms with Gasteiger partial charge in [0.25, 0.3) is 0 Å². The second kappa shape index (κ2) is 8.08. The third-order valence-electron chi connectivity index (χ3n) is 1.93. The molecule has 66 valence electrons. The number of nitrogens with zero attached hydrogens (tertiary/aromatic N) is 2. The van der Waals surface area contributed by atoms with E-state index < -0.39 is 0 Å². The third kappa shape index (κ3) is 5.74. The fourth-order valence-corrected chi connectivity index (χ4v) is 1.32. The Bertz CT molecular complexity index is 173. The van der Waals surface area contributed by atoms with Crippen LogP contribution in [0, 0.1) is 19.1 Å². The van der Waals surface area contributed by atoms with Crippen molar-refractivity contribution < 1.29 is 0 Å². The van der Waals surface area contributed by atoms with Gasteiger partial charge in [-0.15, -0.1) is 0 Å².